The van der Waals surface area contributed by atoms with Gasteiger partial charge in [0.05, 0.1) is 12.3 Å². The predicted molar refractivity (Wildman–Crippen MR) is 122 cm³/mol. The summed E-state index contributed by atoms with van der Waals surface area (Å²) in [5, 5.41) is 12.2. The normalized spacial score (nSPS) is 16.1. The van der Waals surface area contributed by atoms with E-state index in [4.69, 9.17) is 16.3 Å². The van der Waals surface area contributed by atoms with Crippen LogP contribution in [0.5, 0.6) is 5.75 Å². The fourth-order valence-electron chi connectivity index (χ4n) is 3.54. The van der Waals surface area contributed by atoms with Gasteiger partial charge in [0.2, 0.25) is 0 Å². The Morgan fingerprint density at radius 1 is 1.38 bits per heavy atom. The van der Waals surface area contributed by atoms with Gasteiger partial charge < -0.3 is 15.2 Å². The molecule has 1 aliphatic rings. The minimum atomic E-state index is -1.53. The number of nitrogens with one attached hydrogen (secondary N) is 1. The Morgan fingerprint density at radius 3 is 2.78 bits per heavy atom. The van der Waals surface area contributed by atoms with Crippen molar-refractivity contribution in [3.8, 4) is 11.4 Å². The van der Waals surface area contributed by atoms with Crippen LogP contribution in [-0.4, -0.2) is 27.8 Å². The number of aliphatic hydroxyl groups is 1. The first-order valence-electron chi connectivity index (χ1n) is 10.6. The number of carbonyl (C=O) groups is 1. The first-order chi connectivity index (χ1) is 15.1. The van der Waals surface area contributed by atoms with Gasteiger partial charge in [0.25, 0.3) is 11.5 Å². The highest BCUT2D eigenvalue weighted by Crippen LogP contribution is 2.26. The van der Waals surface area contributed by atoms with Crippen molar-refractivity contribution in [2.75, 3.05) is 6.61 Å². The summed E-state index contributed by atoms with van der Waals surface area (Å²) >= 11 is 6.30. The molecule has 0 fully saturated rings. The van der Waals surface area contributed by atoms with Crippen molar-refractivity contribution in [3.05, 3.63) is 68.9 Å². The lowest BCUT2D eigenvalue weighted by Crippen LogP contribution is -2.41. The van der Waals surface area contributed by atoms with E-state index in [0.717, 1.165) is 19.3 Å². The first kappa shape index (κ1) is 24.0. The van der Waals surface area contributed by atoms with Crippen LogP contribution >= 0.6 is 11.6 Å². The summed E-state index contributed by atoms with van der Waals surface area (Å²) in [6.07, 6.45) is 7.43. The lowest BCUT2D eigenvalue weighted by atomic mass is 9.97. The van der Waals surface area contributed by atoms with Crippen LogP contribution in [0.3, 0.4) is 0 Å². The van der Waals surface area contributed by atoms with Crippen LogP contribution in [-0.2, 0) is 11.3 Å². The fourth-order valence-corrected chi connectivity index (χ4v) is 3.74. The summed E-state index contributed by atoms with van der Waals surface area (Å²) < 4.78 is 21.7. The molecule has 2 N–H and O–H groups in total. The zero-order chi connectivity index (χ0) is 23.5. The molecule has 0 bridgehead atoms. The van der Waals surface area contributed by atoms with Crippen LogP contribution in [0.25, 0.3) is 5.69 Å². The molecule has 32 heavy (non-hydrogen) atoms. The minimum absolute atomic E-state index is 0.0196. The van der Waals surface area contributed by atoms with Crippen LogP contribution in [0, 0.1) is 18.7 Å². The van der Waals surface area contributed by atoms with E-state index < -0.39 is 22.9 Å². The third-order valence-electron chi connectivity index (χ3n) is 5.37. The van der Waals surface area contributed by atoms with E-state index in [-0.39, 0.29) is 28.9 Å². The summed E-state index contributed by atoms with van der Waals surface area (Å²) in [5.41, 5.74) is -1.08. The molecular formula is C24H28ClFN2O4. The maximum atomic E-state index is 14.7. The number of hydrogen-bond acceptors (Lipinski definition) is 4. The average Bonchev–Trinajstić information content (AvgIpc) is 2.75. The number of hydrogen-bond donors (Lipinski definition) is 2. The number of aryl methyl sites for hydroxylation is 1. The molecule has 8 heteroatoms. The second-order valence-corrected chi connectivity index (χ2v) is 8.94. The summed E-state index contributed by atoms with van der Waals surface area (Å²) in [4.78, 5) is 24.9. The van der Waals surface area contributed by atoms with Crippen molar-refractivity contribution in [3.63, 3.8) is 0 Å². The van der Waals surface area contributed by atoms with Gasteiger partial charge in [0, 0.05) is 24.2 Å². The molecule has 1 aromatic heterocycles. The summed E-state index contributed by atoms with van der Waals surface area (Å²) in [7, 11) is 0. The average molecular weight is 463 g/mol. The molecule has 6 nitrogen and oxygen atoms in total. The predicted octanol–water partition coefficient (Wildman–Crippen LogP) is 4.06. The number of carbonyl (C=O) groups excluding carboxylic acids is 1. The van der Waals surface area contributed by atoms with Crippen LogP contribution < -0.4 is 15.6 Å². The molecule has 1 unspecified atom stereocenters. The molecule has 1 aliphatic carbocycles. The van der Waals surface area contributed by atoms with Gasteiger partial charge in [-0.1, -0.05) is 29.8 Å². The highest BCUT2D eigenvalue weighted by molar-refractivity contribution is 6.31. The Bertz CT molecular complexity index is 1090. The number of ether oxygens (including phenoxy) is 1. The number of amides is 1. The molecule has 1 heterocycles. The molecule has 0 spiro atoms. The smallest absolute Gasteiger partial charge is 0.277 e. The van der Waals surface area contributed by atoms with E-state index in [9.17, 15) is 19.1 Å². The van der Waals surface area contributed by atoms with Crippen molar-refractivity contribution >= 4 is 17.5 Å². The number of aromatic nitrogens is 1. The zero-order valence-electron chi connectivity index (χ0n) is 18.5. The van der Waals surface area contributed by atoms with Crippen LogP contribution in [0.15, 0.2) is 41.2 Å². The summed E-state index contributed by atoms with van der Waals surface area (Å²) in [6, 6.07) is 5.82. The molecule has 0 aliphatic heterocycles. The summed E-state index contributed by atoms with van der Waals surface area (Å²) in [5.74, 6) is -0.617. The lowest BCUT2D eigenvalue weighted by molar-refractivity contribution is -0.136. The molecule has 2 aromatic rings. The monoisotopic (exact) mass is 462 g/mol. The molecule has 1 atom stereocenters. The highest BCUT2D eigenvalue weighted by atomic mass is 35.5. The summed E-state index contributed by atoms with van der Waals surface area (Å²) in [6.45, 7) is 4.90. The Morgan fingerprint density at radius 2 is 2.12 bits per heavy atom. The number of nitrogens with zero attached hydrogens (tertiary/aromatic N) is 1. The van der Waals surface area contributed by atoms with Crippen molar-refractivity contribution in [1.82, 2.24) is 9.88 Å². The van der Waals surface area contributed by atoms with E-state index in [0.29, 0.717) is 17.9 Å². The number of benzene rings is 1. The topological polar surface area (TPSA) is 80.6 Å². The van der Waals surface area contributed by atoms with E-state index in [2.05, 4.69) is 17.5 Å². The van der Waals surface area contributed by atoms with Gasteiger partial charge >= 0.3 is 0 Å². The fraction of sp³-hybridized carbons (Fsp3) is 0.417. The first-order valence-corrected chi connectivity index (χ1v) is 11.0. The number of allylic oxidation sites excluding steroid dienone is 1. The van der Waals surface area contributed by atoms with Crippen LogP contribution in [0.4, 0.5) is 4.39 Å². The number of halogens is 2. The van der Waals surface area contributed by atoms with Gasteiger partial charge in [-0.2, -0.15) is 0 Å². The van der Waals surface area contributed by atoms with Gasteiger partial charge in [0.15, 0.2) is 0 Å². The lowest BCUT2D eigenvalue weighted by Gasteiger charge is -2.19. The third-order valence-corrected chi connectivity index (χ3v) is 5.71. The van der Waals surface area contributed by atoms with Crippen LogP contribution in [0.2, 0.25) is 5.02 Å². The molecule has 0 saturated heterocycles. The Labute approximate surface area is 191 Å². The third kappa shape index (κ3) is 5.58. The molecule has 0 radical (unpaired) electrons. The quantitative estimate of drug-likeness (QED) is 0.608. The van der Waals surface area contributed by atoms with Crippen molar-refractivity contribution < 1.29 is 19.0 Å². The number of rotatable bonds is 7. The van der Waals surface area contributed by atoms with E-state index in [1.54, 1.807) is 13.0 Å². The standard InChI is InChI=1S/C24H28ClFN2O4/c1-15-11-20(32-14-16-7-5-4-6-8-16)21(25)22(29)28(15)19-12-17(9-10-18(19)26)13-27-23(30)24(2,3)31/h5,7,9-12,16,31H,4,6,8,13-14H2,1-3H3,(H,27,30). The maximum Gasteiger partial charge on any atom is 0.277 e. The van der Waals surface area contributed by atoms with Crippen molar-refractivity contribution in [2.24, 2.45) is 5.92 Å². The highest BCUT2D eigenvalue weighted by Gasteiger charge is 2.23. The van der Waals surface area contributed by atoms with Gasteiger partial charge in [-0.3, -0.25) is 14.2 Å². The van der Waals surface area contributed by atoms with E-state index in [1.165, 1.54) is 36.6 Å². The zero-order valence-corrected chi connectivity index (χ0v) is 19.2. The van der Waals surface area contributed by atoms with Gasteiger partial charge in [0.1, 0.15) is 22.2 Å². The molecule has 172 valence electrons. The number of pyridine rings is 1. The maximum absolute atomic E-state index is 14.7. The minimum Gasteiger partial charge on any atom is -0.491 e. The van der Waals surface area contributed by atoms with E-state index >= 15 is 0 Å². The van der Waals surface area contributed by atoms with Crippen LogP contribution in [0.1, 0.15) is 44.4 Å². The molecule has 1 aromatic carbocycles. The van der Waals surface area contributed by atoms with Crippen molar-refractivity contribution in [2.45, 2.75) is 52.2 Å². The Hall–Kier alpha value is -2.64. The second kappa shape index (κ2) is 9.88. The Balaban J connectivity index is 1.86. The largest absolute Gasteiger partial charge is 0.491 e. The SMILES string of the molecule is Cc1cc(OCC2C=CCCC2)c(Cl)c(=O)n1-c1cc(CNC(=O)C(C)(C)O)ccc1F. The molecular weight excluding hydrogens is 435 g/mol. The molecule has 3 rings (SSSR count). The Kier molecular flexibility index (Phi) is 7.41. The second-order valence-electron chi connectivity index (χ2n) is 8.56. The molecule has 0 saturated carbocycles. The van der Waals surface area contributed by atoms with Gasteiger partial charge in [-0.05, 0) is 57.7 Å². The van der Waals surface area contributed by atoms with Crippen molar-refractivity contribution in [1.29, 1.82) is 0 Å². The molecule has 1 amide bonds. The van der Waals surface area contributed by atoms with Gasteiger partial charge in [-0.25, -0.2) is 4.39 Å². The van der Waals surface area contributed by atoms with Gasteiger partial charge in [-0.15, -0.1) is 0 Å². The van der Waals surface area contributed by atoms with E-state index in [1.807, 2.05) is 0 Å².